The normalized spacial score (nSPS) is 18.2. The number of methoxy groups -OCH3 is 2. The van der Waals surface area contributed by atoms with E-state index in [1.54, 1.807) is 24.7 Å². The minimum absolute atomic E-state index is 0.245. The highest BCUT2D eigenvalue weighted by molar-refractivity contribution is 7.09. The van der Waals surface area contributed by atoms with Crippen LogP contribution in [0.5, 0.6) is 0 Å². The van der Waals surface area contributed by atoms with Crippen molar-refractivity contribution < 1.29 is 14.3 Å². The van der Waals surface area contributed by atoms with Crippen molar-refractivity contribution in [2.24, 2.45) is 5.92 Å². The molecule has 1 unspecified atom stereocenters. The van der Waals surface area contributed by atoms with E-state index in [0.717, 1.165) is 16.3 Å². The molecule has 2 rings (SSSR count). The summed E-state index contributed by atoms with van der Waals surface area (Å²) in [6.07, 6.45) is 14.2. The van der Waals surface area contributed by atoms with Gasteiger partial charge in [-0.2, -0.15) is 0 Å². The lowest BCUT2D eigenvalue weighted by Crippen LogP contribution is -1.98. The zero-order chi connectivity index (χ0) is 16.4. The molecule has 0 N–H and O–H groups in total. The van der Waals surface area contributed by atoms with Crippen molar-refractivity contribution in [1.29, 1.82) is 0 Å². The Morgan fingerprint density at radius 3 is 2.64 bits per heavy atom. The van der Waals surface area contributed by atoms with Crippen molar-refractivity contribution in [2.75, 3.05) is 14.2 Å². The Morgan fingerprint density at radius 1 is 1.36 bits per heavy atom. The van der Waals surface area contributed by atoms with Crippen LogP contribution in [0.25, 0.3) is 6.08 Å². The average Bonchev–Trinajstić information content (AvgIpc) is 2.93. The topological polar surface area (TPSA) is 48.4 Å². The molecule has 22 heavy (non-hydrogen) atoms. The lowest BCUT2D eigenvalue weighted by Gasteiger charge is -2.11. The van der Waals surface area contributed by atoms with Crippen LogP contribution in [0.1, 0.15) is 17.6 Å². The summed E-state index contributed by atoms with van der Waals surface area (Å²) in [4.78, 5) is 14.0. The number of carbonyl (C=O) groups excluding carboxylic acids is 1. The molecule has 0 amide bonds. The second kappa shape index (κ2) is 9.73. The summed E-state index contributed by atoms with van der Waals surface area (Å²) in [5.41, 5.74) is 2.17. The number of aromatic nitrogens is 1. The molecule has 118 valence electrons. The highest BCUT2D eigenvalue weighted by Crippen LogP contribution is 2.21. The van der Waals surface area contributed by atoms with Crippen LogP contribution in [0, 0.1) is 12.8 Å². The van der Waals surface area contributed by atoms with E-state index in [2.05, 4.69) is 39.4 Å². The first-order valence-corrected chi connectivity index (χ1v) is 7.67. The number of ether oxygens (including phenoxy) is 2. The van der Waals surface area contributed by atoms with Crippen LogP contribution in [0.4, 0.5) is 0 Å². The lowest BCUT2D eigenvalue weighted by molar-refractivity contribution is -0.137. The van der Waals surface area contributed by atoms with E-state index in [0.29, 0.717) is 0 Å². The van der Waals surface area contributed by atoms with Crippen molar-refractivity contribution >= 4 is 23.4 Å². The lowest BCUT2D eigenvalue weighted by atomic mass is 9.95. The second-order valence-electron chi connectivity index (χ2n) is 4.47. The predicted molar refractivity (Wildman–Crippen MR) is 90.4 cm³/mol. The van der Waals surface area contributed by atoms with E-state index in [1.807, 2.05) is 19.1 Å². The van der Waals surface area contributed by atoms with Gasteiger partial charge in [0.05, 0.1) is 31.2 Å². The largest absolute Gasteiger partial charge is 0.504 e. The number of allylic oxidation sites excluding steroid dienone is 6. The number of hydrogen-bond donors (Lipinski definition) is 0. The molecule has 1 aromatic rings. The van der Waals surface area contributed by atoms with Crippen LogP contribution in [-0.4, -0.2) is 25.2 Å². The summed E-state index contributed by atoms with van der Waals surface area (Å²) in [5.74, 6) is 0.0203. The quantitative estimate of drug-likeness (QED) is 0.626. The highest BCUT2D eigenvalue weighted by atomic mass is 32.1. The van der Waals surface area contributed by atoms with Crippen molar-refractivity contribution in [3.8, 4) is 0 Å². The fourth-order valence-corrected chi connectivity index (χ4v) is 2.24. The molecule has 1 atom stereocenters. The Labute approximate surface area is 135 Å². The zero-order valence-corrected chi connectivity index (χ0v) is 14.1. The van der Waals surface area contributed by atoms with Gasteiger partial charge in [-0.3, -0.25) is 4.79 Å². The minimum Gasteiger partial charge on any atom is -0.504 e. The third-order valence-corrected chi connectivity index (χ3v) is 3.55. The number of rotatable bonds is 3. The fourth-order valence-electron chi connectivity index (χ4n) is 1.66. The van der Waals surface area contributed by atoms with Crippen LogP contribution < -0.4 is 0 Å². The first-order valence-electron chi connectivity index (χ1n) is 6.79. The molecule has 0 saturated heterocycles. The molecule has 0 aromatic carbocycles. The predicted octanol–water partition coefficient (Wildman–Crippen LogP) is 3.92. The smallest absolute Gasteiger partial charge is 0.302 e. The summed E-state index contributed by atoms with van der Waals surface area (Å²) >= 11 is 1.67. The molecule has 1 aliphatic carbocycles. The maximum atomic E-state index is 9.59. The van der Waals surface area contributed by atoms with Crippen molar-refractivity contribution in [1.82, 2.24) is 4.98 Å². The molecule has 4 nitrogen and oxygen atoms in total. The Hall–Kier alpha value is -2.14. The van der Waals surface area contributed by atoms with Gasteiger partial charge >= 0.3 is 5.97 Å². The van der Waals surface area contributed by atoms with Gasteiger partial charge in [0.2, 0.25) is 0 Å². The first-order chi connectivity index (χ1) is 10.6. The van der Waals surface area contributed by atoms with Gasteiger partial charge in [-0.1, -0.05) is 30.4 Å². The van der Waals surface area contributed by atoms with Gasteiger partial charge in [-0.15, -0.1) is 11.3 Å². The Bertz CT molecular complexity index is 597. The first kappa shape index (κ1) is 17.9. The summed E-state index contributed by atoms with van der Waals surface area (Å²) in [6, 6.07) is 0. The SMILES string of the molecule is CO/C=C1\C=CC=CC1/C=C\c1csc(C)n1.COC(C)=O. The van der Waals surface area contributed by atoms with Gasteiger partial charge in [0.1, 0.15) is 0 Å². The summed E-state index contributed by atoms with van der Waals surface area (Å²) in [7, 11) is 3.02. The van der Waals surface area contributed by atoms with Gasteiger partial charge in [0.25, 0.3) is 0 Å². The number of thiazole rings is 1. The number of aryl methyl sites for hydroxylation is 1. The summed E-state index contributed by atoms with van der Waals surface area (Å²) in [6.45, 7) is 3.38. The molecule has 0 fully saturated rings. The zero-order valence-electron chi connectivity index (χ0n) is 13.3. The average molecular weight is 319 g/mol. The maximum Gasteiger partial charge on any atom is 0.302 e. The van der Waals surface area contributed by atoms with Crippen LogP contribution in [0.2, 0.25) is 0 Å². The molecule has 0 aliphatic heterocycles. The van der Waals surface area contributed by atoms with Gasteiger partial charge in [0.15, 0.2) is 0 Å². The highest BCUT2D eigenvalue weighted by Gasteiger charge is 2.08. The van der Waals surface area contributed by atoms with E-state index in [9.17, 15) is 4.79 Å². The summed E-state index contributed by atoms with van der Waals surface area (Å²) in [5, 5.41) is 3.16. The molecule has 0 radical (unpaired) electrons. The Balaban J connectivity index is 0.000000422. The standard InChI is InChI=1S/C14H15NOS.C3H6O2/c1-11-15-14(10-17-11)8-7-12-5-3-4-6-13(12)9-16-2;1-3(4)5-2/h3-10,12H,1-2H3;1-2H3/b8-7-,13-9+;. The molecular formula is C17H21NO3S. The third-order valence-electron chi connectivity index (χ3n) is 2.76. The third kappa shape index (κ3) is 6.54. The number of esters is 1. The van der Waals surface area contributed by atoms with Crippen LogP contribution >= 0.6 is 11.3 Å². The molecule has 5 heteroatoms. The fraction of sp³-hybridized carbons (Fsp3) is 0.294. The molecule has 1 aliphatic rings. The Morgan fingerprint density at radius 2 is 2.09 bits per heavy atom. The molecule has 0 saturated carbocycles. The Kier molecular flexibility index (Phi) is 7.92. The second-order valence-corrected chi connectivity index (χ2v) is 5.53. The van der Waals surface area contributed by atoms with Gasteiger partial charge < -0.3 is 9.47 Å². The number of carbonyl (C=O) groups is 1. The van der Waals surface area contributed by atoms with E-state index < -0.39 is 0 Å². The van der Waals surface area contributed by atoms with Gasteiger partial charge in [0, 0.05) is 18.2 Å². The monoisotopic (exact) mass is 319 g/mol. The molecule has 1 heterocycles. The van der Waals surface area contributed by atoms with Crippen LogP contribution in [-0.2, 0) is 14.3 Å². The van der Waals surface area contributed by atoms with Crippen molar-refractivity contribution in [3.05, 3.63) is 58.3 Å². The van der Waals surface area contributed by atoms with E-state index >= 15 is 0 Å². The van der Waals surface area contributed by atoms with Gasteiger partial charge in [-0.25, -0.2) is 4.98 Å². The van der Waals surface area contributed by atoms with Crippen LogP contribution in [0.15, 0.2) is 47.6 Å². The van der Waals surface area contributed by atoms with Gasteiger partial charge in [-0.05, 0) is 18.6 Å². The van der Waals surface area contributed by atoms with E-state index in [-0.39, 0.29) is 11.9 Å². The molecule has 1 aromatic heterocycles. The number of nitrogens with zero attached hydrogens (tertiary/aromatic N) is 1. The van der Waals surface area contributed by atoms with E-state index in [1.165, 1.54) is 14.0 Å². The molecule has 0 bridgehead atoms. The van der Waals surface area contributed by atoms with Crippen molar-refractivity contribution in [3.63, 3.8) is 0 Å². The summed E-state index contributed by atoms with van der Waals surface area (Å²) < 4.78 is 9.18. The van der Waals surface area contributed by atoms with Crippen molar-refractivity contribution in [2.45, 2.75) is 13.8 Å². The maximum absolute atomic E-state index is 9.59. The molecular weight excluding hydrogens is 298 g/mol. The van der Waals surface area contributed by atoms with E-state index in [4.69, 9.17) is 4.74 Å². The van der Waals surface area contributed by atoms with Crippen LogP contribution in [0.3, 0.4) is 0 Å². The molecule has 0 spiro atoms. The number of hydrogen-bond acceptors (Lipinski definition) is 5. The minimum atomic E-state index is -0.245.